The van der Waals surface area contributed by atoms with Gasteiger partial charge in [-0.2, -0.15) is 5.10 Å². The van der Waals surface area contributed by atoms with Gasteiger partial charge in [0, 0.05) is 28.0 Å². The lowest BCUT2D eigenvalue weighted by Crippen LogP contribution is -2.21. The van der Waals surface area contributed by atoms with Gasteiger partial charge in [-0.05, 0) is 37.2 Å². The van der Waals surface area contributed by atoms with E-state index >= 15 is 0 Å². The third-order valence-corrected chi connectivity index (χ3v) is 4.07. The second kappa shape index (κ2) is 7.33. The molecule has 0 saturated heterocycles. The summed E-state index contributed by atoms with van der Waals surface area (Å²) in [5, 5.41) is 7.64. The third kappa shape index (κ3) is 3.90. The van der Waals surface area contributed by atoms with Crippen LogP contribution in [0.2, 0.25) is 0 Å². The third-order valence-electron chi connectivity index (χ3n) is 3.15. The molecule has 6 heteroatoms. The predicted octanol–water partition coefficient (Wildman–Crippen LogP) is 3.72. The minimum absolute atomic E-state index is 0.212. The number of hydrogen-bond acceptors (Lipinski definition) is 3. The largest absolute Gasteiger partial charge is 0.313 e. The standard InChI is InChI=1S/C14H18Br2N4/c1-3-4-20-14(18-9-19-20)8-13(17-2)10-5-11(15)7-12(16)6-10/h5-7,9,13,17H,3-4,8H2,1-2H3. The predicted molar refractivity (Wildman–Crippen MR) is 87.7 cm³/mol. The van der Waals surface area contributed by atoms with Crippen molar-refractivity contribution in [2.45, 2.75) is 32.4 Å². The summed E-state index contributed by atoms with van der Waals surface area (Å²) in [6, 6.07) is 6.51. The van der Waals surface area contributed by atoms with Crippen LogP contribution in [0.25, 0.3) is 0 Å². The minimum atomic E-state index is 0.212. The zero-order valence-electron chi connectivity index (χ0n) is 11.6. The Balaban J connectivity index is 2.22. The second-order valence-corrected chi connectivity index (χ2v) is 6.48. The van der Waals surface area contributed by atoms with Crippen molar-refractivity contribution in [3.8, 4) is 0 Å². The smallest absolute Gasteiger partial charge is 0.138 e. The van der Waals surface area contributed by atoms with Gasteiger partial charge in [-0.25, -0.2) is 4.98 Å². The van der Waals surface area contributed by atoms with Crippen LogP contribution < -0.4 is 5.32 Å². The molecule has 1 atom stereocenters. The average molecular weight is 402 g/mol. The highest BCUT2D eigenvalue weighted by atomic mass is 79.9. The average Bonchev–Trinajstić information content (AvgIpc) is 2.82. The van der Waals surface area contributed by atoms with E-state index in [2.05, 4.69) is 66.3 Å². The quantitative estimate of drug-likeness (QED) is 0.801. The van der Waals surface area contributed by atoms with Crippen molar-refractivity contribution in [3.05, 3.63) is 44.9 Å². The topological polar surface area (TPSA) is 42.7 Å². The van der Waals surface area contributed by atoms with E-state index in [-0.39, 0.29) is 6.04 Å². The van der Waals surface area contributed by atoms with Crippen LogP contribution in [0.5, 0.6) is 0 Å². The van der Waals surface area contributed by atoms with E-state index in [4.69, 9.17) is 0 Å². The normalized spacial score (nSPS) is 12.6. The zero-order valence-corrected chi connectivity index (χ0v) is 14.8. The van der Waals surface area contributed by atoms with E-state index in [1.807, 2.05) is 17.8 Å². The van der Waals surface area contributed by atoms with Gasteiger partial charge >= 0.3 is 0 Å². The van der Waals surface area contributed by atoms with Gasteiger partial charge in [-0.3, -0.25) is 4.68 Å². The molecule has 20 heavy (non-hydrogen) atoms. The Hall–Kier alpha value is -0.720. The van der Waals surface area contributed by atoms with Gasteiger partial charge in [-0.15, -0.1) is 0 Å². The highest BCUT2D eigenvalue weighted by molar-refractivity contribution is 9.11. The fourth-order valence-corrected chi connectivity index (χ4v) is 3.52. The number of aryl methyl sites for hydroxylation is 1. The Bertz CT molecular complexity index is 548. The number of rotatable bonds is 6. The molecule has 1 aromatic carbocycles. The Kier molecular flexibility index (Phi) is 5.74. The molecule has 0 spiro atoms. The highest BCUT2D eigenvalue weighted by Crippen LogP contribution is 2.25. The fourth-order valence-electron chi connectivity index (χ4n) is 2.19. The van der Waals surface area contributed by atoms with Crippen LogP contribution in [-0.2, 0) is 13.0 Å². The number of nitrogens with one attached hydrogen (secondary N) is 1. The van der Waals surface area contributed by atoms with Crippen LogP contribution in [0.15, 0.2) is 33.5 Å². The van der Waals surface area contributed by atoms with E-state index in [0.29, 0.717) is 0 Å². The summed E-state index contributed by atoms with van der Waals surface area (Å²) >= 11 is 7.07. The number of likely N-dealkylation sites (N-methyl/N-ethyl adjacent to an activating group) is 1. The first-order chi connectivity index (χ1) is 9.63. The summed E-state index contributed by atoms with van der Waals surface area (Å²) in [5.74, 6) is 1.02. The molecule has 1 aromatic heterocycles. The first-order valence-electron chi connectivity index (χ1n) is 6.64. The molecular weight excluding hydrogens is 384 g/mol. The summed E-state index contributed by atoms with van der Waals surface area (Å²) < 4.78 is 4.12. The van der Waals surface area contributed by atoms with E-state index in [9.17, 15) is 0 Å². The van der Waals surface area contributed by atoms with Gasteiger partial charge in [0.25, 0.3) is 0 Å². The SMILES string of the molecule is CCCn1ncnc1CC(NC)c1cc(Br)cc(Br)c1. The molecule has 108 valence electrons. The molecule has 0 saturated carbocycles. The molecule has 0 aliphatic heterocycles. The van der Waals surface area contributed by atoms with E-state index < -0.39 is 0 Å². The zero-order chi connectivity index (χ0) is 14.5. The molecule has 0 radical (unpaired) electrons. The number of halogens is 2. The molecule has 0 bridgehead atoms. The Morgan fingerprint density at radius 3 is 2.55 bits per heavy atom. The van der Waals surface area contributed by atoms with Gasteiger partial charge in [-0.1, -0.05) is 38.8 Å². The molecule has 0 aliphatic rings. The number of nitrogens with zero attached hydrogens (tertiary/aromatic N) is 3. The van der Waals surface area contributed by atoms with Crippen molar-refractivity contribution in [2.24, 2.45) is 0 Å². The Labute approximate surface area is 136 Å². The van der Waals surface area contributed by atoms with Crippen LogP contribution in [0, 0.1) is 0 Å². The van der Waals surface area contributed by atoms with Crippen molar-refractivity contribution in [3.63, 3.8) is 0 Å². The molecule has 0 amide bonds. The molecule has 2 rings (SSSR count). The van der Waals surface area contributed by atoms with Crippen molar-refractivity contribution in [1.29, 1.82) is 0 Å². The summed E-state index contributed by atoms with van der Waals surface area (Å²) in [4.78, 5) is 4.38. The number of benzene rings is 1. The molecule has 0 aliphatic carbocycles. The number of aromatic nitrogens is 3. The maximum absolute atomic E-state index is 4.38. The molecule has 4 nitrogen and oxygen atoms in total. The first kappa shape index (κ1) is 15.7. The Morgan fingerprint density at radius 2 is 1.95 bits per heavy atom. The van der Waals surface area contributed by atoms with Crippen molar-refractivity contribution in [2.75, 3.05) is 7.05 Å². The molecule has 2 aromatic rings. The maximum Gasteiger partial charge on any atom is 0.138 e. The van der Waals surface area contributed by atoms with Gasteiger partial charge in [0.05, 0.1) is 0 Å². The van der Waals surface area contributed by atoms with Gasteiger partial charge < -0.3 is 5.32 Å². The summed E-state index contributed by atoms with van der Waals surface area (Å²) in [7, 11) is 1.97. The fraction of sp³-hybridized carbons (Fsp3) is 0.429. The van der Waals surface area contributed by atoms with Crippen molar-refractivity contribution < 1.29 is 0 Å². The van der Waals surface area contributed by atoms with Gasteiger partial charge in [0.15, 0.2) is 0 Å². The first-order valence-corrected chi connectivity index (χ1v) is 8.22. The monoisotopic (exact) mass is 400 g/mol. The summed E-state index contributed by atoms with van der Waals surface area (Å²) in [6.45, 7) is 3.06. The Morgan fingerprint density at radius 1 is 1.25 bits per heavy atom. The molecule has 1 N–H and O–H groups in total. The highest BCUT2D eigenvalue weighted by Gasteiger charge is 2.15. The molecular formula is C14H18Br2N4. The van der Waals surface area contributed by atoms with E-state index in [1.165, 1.54) is 5.56 Å². The van der Waals surface area contributed by atoms with E-state index in [1.54, 1.807) is 6.33 Å². The van der Waals surface area contributed by atoms with Crippen LogP contribution in [0.1, 0.15) is 30.8 Å². The minimum Gasteiger partial charge on any atom is -0.313 e. The summed E-state index contributed by atoms with van der Waals surface area (Å²) in [6.07, 6.45) is 3.51. The van der Waals surface area contributed by atoms with Crippen molar-refractivity contribution >= 4 is 31.9 Å². The molecule has 0 fully saturated rings. The second-order valence-electron chi connectivity index (χ2n) is 4.65. The van der Waals surface area contributed by atoms with E-state index in [0.717, 1.165) is 34.2 Å². The van der Waals surface area contributed by atoms with Gasteiger partial charge in [0.1, 0.15) is 12.2 Å². The lowest BCUT2D eigenvalue weighted by molar-refractivity contribution is 0.517. The lowest BCUT2D eigenvalue weighted by Gasteiger charge is -2.17. The maximum atomic E-state index is 4.38. The van der Waals surface area contributed by atoms with Crippen LogP contribution in [0.4, 0.5) is 0 Å². The van der Waals surface area contributed by atoms with Crippen LogP contribution >= 0.6 is 31.9 Å². The molecule has 1 heterocycles. The van der Waals surface area contributed by atoms with Crippen LogP contribution in [0.3, 0.4) is 0 Å². The van der Waals surface area contributed by atoms with Gasteiger partial charge in [0.2, 0.25) is 0 Å². The summed E-state index contributed by atoms with van der Waals surface area (Å²) in [5.41, 5.74) is 1.22. The van der Waals surface area contributed by atoms with Crippen LogP contribution in [-0.4, -0.2) is 21.8 Å². The number of hydrogen-bond donors (Lipinski definition) is 1. The van der Waals surface area contributed by atoms with Crippen molar-refractivity contribution in [1.82, 2.24) is 20.1 Å². The molecule has 1 unspecified atom stereocenters. The lowest BCUT2D eigenvalue weighted by atomic mass is 10.0.